The molecule has 1 atom stereocenters. The van der Waals surface area contributed by atoms with Gasteiger partial charge in [0.25, 0.3) is 0 Å². The van der Waals surface area contributed by atoms with E-state index >= 15 is 0 Å². The summed E-state index contributed by atoms with van der Waals surface area (Å²) >= 11 is 5.05. The summed E-state index contributed by atoms with van der Waals surface area (Å²) < 4.78 is 5.63. The Bertz CT molecular complexity index is 134. The molecule has 78 valence electrons. The molecule has 0 rings (SSSR count). The molecule has 13 heavy (non-hydrogen) atoms. The summed E-state index contributed by atoms with van der Waals surface area (Å²) in [7, 11) is 0. The topological polar surface area (TPSA) is 9.23 Å². The highest BCUT2D eigenvalue weighted by molar-refractivity contribution is 7.80. The predicted octanol–water partition coefficient (Wildman–Crippen LogP) is 4.10. The maximum atomic E-state index is 5.63. The van der Waals surface area contributed by atoms with Crippen molar-refractivity contribution in [1.29, 1.82) is 0 Å². The van der Waals surface area contributed by atoms with Gasteiger partial charge in [-0.1, -0.05) is 33.6 Å². The summed E-state index contributed by atoms with van der Waals surface area (Å²) in [6, 6.07) is 0. The lowest BCUT2D eigenvalue weighted by Gasteiger charge is -2.17. The molecular weight excluding hydrogens is 180 g/mol. The molecule has 1 nitrogen and oxygen atoms in total. The van der Waals surface area contributed by atoms with E-state index in [0.717, 1.165) is 24.3 Å². The monoisotopic (exact) mass is 202 g/mol. The smallest absolute Gasteiger partial charge is 0.159 e. The largest absolute Gasteiger partial charge is 0.484 e. The molecule has 0 fully saturated rings. The highest BCUT2D eigenvalue weighted by atomic mass is 32.1. The van der Waals surface area contributed by atoms with Crippen LogP contribution in [0.3, 0.4) is 0 Å². The van der Waals surface area contributed by atoms with Crippen molar-refractivity contribution in [1.82, 2.24) is 0 Å². The van der Waals surface area contributed by atoms with E-state index in [4.69, 9.17) is 17.0 Å². The van der Waals surface area contributed by atoms with Gasteiger partial charge in [0.1, 0.15) is 0 Å². The van der Waals surface area contributed by atoms with Gasteiger partial charge >= 0.3 is 0 Å². The molecule has 0 saturated carbocycles. The highest BCUT2D eigenvalue weighted by Gasteiger charge is 2.07. The normalized spacial score (nSPS) is 12.5. The van der Waals surface area contributed by atoms with Gasteiger partial charge in [0, 0.05) is 6.42 Å². The molecule has 1 unspecified atom stereocenters. The molecule has 0 N–H and O–H groups in total. The second-order valence-electron chi connectivity index (χ2n) is 3.37. The van der Waals surface area contributed by atoms with E-state index < -0.39 is 0 Å². The van der Waals surface area contributed by atoms with Gasteiger partial charge in [-0.2, -0.15) is 0 Å². The fourth-order valence-corrected chi connectivity index (χ4v) is 1.37. The van der Waals surface area contributed by atoms with Gasteiger partial charge in [-0.25, -0.2) is 0 Å². The zero-order chi connectivity index (χ0) is 10.1. The second kappa shape index (κ2) is 8.49. The van der Waals surface area contributed by atoms with Crippen LogP contribution in [0, 0.1) is 0 Å². The van der Waals surface area contributed by atoms with Crippen LogP contribution in [0.5, 0.6) is 0 Å². The third kappa shape index (κ3) is 7.00. The standard InChI is InChI=1S/C11H22OS/c1-4-7-8-9-10(5-2)12-11(13)6-3/h10H,4-9H2,1-3H3. The van der Waals surface area contributed by atoms with Crippen molar-refractivity contribution in [2.24, 2.45) is 0 Å². The average molecular weight is 202 g/mol. The van der Waals surface area contributed by atoms with Crippen LogP contribution in [0.4, 0.5) is 0 Å². The van der Waals surface area contributed by atoms with E-state index in [2.05, 4.69) is 13.8 Å². The Labute approximate surface area is 87.9 Å². The summed E-state index contributed by atoms with van der Waals surface area (Å²) in [5.41, 5.74) is 0. The minimum absolute atomic E-state index is 0.360. The van der Waals surface area contributed by atoms with E-state index in [1.165, 1.54) is 19.3 Å². The predicted molar refractivity (Wildman–Crippen MR) is 62.2 cm³/mol. The number of thiocarbonyl (C=S) groups is 1. The third-order valence-electron chi connectivity index (χ3n) is 2.17. The van der Waals surface area contributed by atoms with Crippen molar-refractivity contribution in [3.8, 4) is 0 Å². The van der Waals surface area contributed by atoms with Crippen molar-refractivity contribution in [2.75, 3.05) is 0 Å². The van der Waals surface area contributed by atoms with Crippen LogP contribution in [0.2, 0.25) is 0 Å². The second-order valence-corrected chi connectivity index (χ2v) is 3.82. The molecule has 0 aromatic carbocycles. The molecule has 0 heterocycles. The van der Waals surface area contributed by atoms with Gasteiger partial charge in [0.15, 0.2) is 5.05 Å². The zero-order valence-corrected chi connectivity index (χ0v) is 9.95. The summed E-state index contributed by atoms with van der Waals surface area (Å²) in [6.45, 7) is 6.43. The molecule has 0 radical (unpaired) electrons. The Morgan fingerprint density at radius 3 is 2.38 bits per heavy atom. The van der Waals surface area contributed by atoms with Gasteiger partial charge in [-0.15, -0.1) is 0 Å². The summed E-state index contributed by atoms with van der Waals surface area (Å²) in [6.07, 6.45) is 7.29. The lowest BCUT2D eigenvalue weighted by atomic mass is 10.1. The van der Waals surface area contributed by atoms with Gasteiger partial charge in [-0.05, 0) is 31.5 Å². The van der Waals surface area contributed by atoms with Gasteiger partial charge < -0.3 is 4.74 Å². The molecular formula is C11H22OS. The molecule has 0 aromatic heterocycles. The molecule has 0 aliphatic rings. The number of unbranched alkanes of at least 4 members (excludes halogenated alkanes) is 2. The zero-order valence-electron chi connectivity index (χ0n) is 9.14. The first kappa shape index (κ1) is 12.9. The Hall–Kier alpha value is -0.110. The summed E-state index contributed by atoms with van der Waals surface area (Å²) in [5.74, 6) is 0. The van der Waals surface area contributed by atoms with Crippen LogP contribution in [0.1, 0.15) is 59.3 Å². The molecule has 0 spiro atoms. The highest BCUT2D eigenvalue weighted by Crippen LogP contribution is 2.11. The van der Waals surface area contributed by atoms with Crippen LogP contribution in [-0.2, 0) is 4.74 Å². The lowest BCUT2D eigenvalue weighted by Crippen LogP contribution is -2.15. The van der Waals surface area contributed by atoms with E-state index in [1.54, 1.807) is 0 Å². The Morgan fingerprint density at radius 1 is 1.23 bits per heavy atom. The number of ether oxygens (including phenoxy) is 1. The number of hydrogen-bond acceptors (Lipinski definition) is 2. The van der Waals surface area contributed by atoms with Gasteiger partial charge in [0.05, 0.1) is 6.10 Å². The SMILES string of the molecule is CCCCCC(CC)OC(=S)CC. The van der Waals surface area contributed by atoms with Crippen molar-refractivity contribution in [3.05, 3.63) is 0 Å². The molecule has 0 saturated heterocycles. The van der Waals surface area contributed by atoms with E-state index in [1.807, 2.05) is 6.92 Å². The maximum Gasteiger partial charge on any atom is 0.159 e. The summed E-state index contributed by atoms with van der Waals surface area (Å²) in [5, 5.41) is 0.767. The van der Waals surface area contributed by atoms with Gasteiger partial charge in [0.2, 0.25) is 0 Å². The van der Waals surface area contributed by atoms with E-state index in [9.17, 15) is 0 Å². The molecule has 0 aliphatic heterocycles. The van der Waals surface area contributed by atoms with Crippen LogP contribution in [0.25, 0.3) is 0 Å². The van der Waals surface area contributed by atoms with Gasteiger partial charge in [-0.3, -0.25) is 0 Å². The van der Waals surface area contributed by atoms with Crippen molar-refractivity contribution in [3.63, 3.8) is 0 Å². The van der Waals surface area contributed by atoms with E-state index in [0.29, 0.717) is 6.10 Å². The lowest BCUT2D eigenvalue weighted by molar-refractivity contribution is 0.171. The number of hydrogen-bond donors (Lipinski definition) is 0. The molecule has 0 amide bonds. The average Bonchev–Trinajstić information content (AvgIpc) is 2.16. The van der Waals surface area contributed by atoms with E-state index in [-0.39, 0.29) is 0 Å². The summed E-state index contributed by atoms with van der Waals surface area (Å²) in [4.78, 5) is 0. The van der Waals surface area contributed by atoms with Crippen molar-refractivity contribution in [2.45, 2.75) is 65.4 Å². The van der Waals surface area contributed by atoms with Crippen LogP contribution in [-0.4, -0.2) is 11.2 Å². The Balaban J connectivity index is 3.56. The Kier molecular flexibility index (Phi) is 8.41. The maximum absolute atomic E-state index is 5.63. The fraction of sp³-hybridized carbons (Fsp3) is 0.909. The molecule has 0 aromatic rings. The first-order valence-electron chi connectivity index (χ1n) is 5.44. The Morgan fingerprint density at radius 2 is 1.92 bits per heavy atom. The minimum atomic E-state index is 0.360. The third-order valence-corrected chi connectivity index (χ3v) is 2.56. The minimum Gasteiger partial charge on any atom is -0.484 e. The van der Waals surface area contributed by atoms with Crippen LogP contribution >= 0.6 is 12.2 Å². The molecule has 0 aliphatic carbocycles. The van der Waals surface area contributed by atoms with Crippen molar-refractivity contribution < 1.29 is 4.74 Å². The van der Waals surface area contributed by atoms with Crippen LogP contribution in [0.15, 0.2) is 0 Å². The first-order chi connectivity index (χ1) is 6.24. The van der Waals surface area contributed by atoms with Crippen molar-refractivity contribution >= 4 is 17.3 Å². The van der Waals surface area contributed by atoms with Crippen LogP contribution < -0.4 is 0 Å². The number of rotatable bonds is 7. The quantitative estimate of drug-likeness (QED) is 0.454. The molecule has 2 heteroatoms. The fourth-order valence-electron chi connectivity index (χ4n) is 1.24. The first-order valence-corrected chi connectivity index (χ1v) is 5.84. The molecule has 0 bridgehead atoms.